The molecule has 1 heterocycles. The number of phenolic OH excluding ortho intramolecular Hbond substituents is 1. The number of phenols is 1. The summed E-state index contributed by atoms with van der Waals surface area (Å²) in [6.07, 6.45) is 2.44. The van der Waals surface area contributed by atoms with Gasteiger partial charge in [0.2, 0.25) is 0 Å². The van der Waals surface area contributed by atoms with E-state index < -0.39 is 0 Å². The molecule has 1 aliphatic heterocycles. The van der Waals surface area contributed by atoms with Crippen molar-refractivity contribution >= 4 is 0 Å². The first-order chi connectivity index (χ1) is 8.20. The van der Waals surface area contributed by atoms with Crippen LogP contribution in [0.15, 0.2) is 24.3 Å². The van der Waals surface area contributed by atoms with Crippen LogP contribution >= 0.6 is 0 Å². The van der Waals surface area contributed by atoms with E-state index in [1.54, 1.807) is 0 Å². The van der Waals surface area contributed by atoms with Crippen molar-refractivity contribution in [2.75, 3.05) is 13.1 Å². The Bertz CT molecular complexity index is 356. The average molecular weight is 233 g/mol. The molecule has 0 bridgehead atoms. The van der Waals surface area contributed by atoms with E-state index in [9.17, 15) is 5.11 Å². The highest BCUT2D eigenvalue weighted by molar-refractivity contribution is 5.35. The van der Waals surface area contributed by atoms with Crippen molar-refractivity contribution in [2.24, 2.45) is 11.8 Å². The van der Waals surface area contributed by atoms with Crippen LogP contribution in [-0.2, 0) is 0 Å². The lowest BCUT2D eigenvalue weighted by Crippen LogP contribution is -2.32. The summed E-state index contributed by atoms with van der Waals surface area (Å²) in [4.78, 5) is 0. The van der Waals surface area contributed by atoms with Crippen molar-refractivity contribution in [2.45, 2.75) is 32.6 Å². The Labute approximate surface area is 104 Å². The first kappa shape index (κ1) is 12.4. The summed E-state index contributed by atoms with van der Waals surface area (Å²) in [6, 6.07) is 7.83. The minimum atomic E-state index is 0.463. The van der Waals surface area contributed by atoms with Gasteiger partial charge in [0, 0.05) is 0 Å². The van der Waals surface area contributed by atoms with Crippen LogP contribution in [0.5, 0.6) is 5.75 Å². The van der Waals surface area contributed by atoms with Gasteiger partial charge < -0.3 is 10.4 Å². The zero-order valence-electron chi connectivity index (χ0n) is 10.8. The van der Waals surface area contributed by atoms with Gasteiger partial charge >= 0.3 is 0 Å². The zero-order chi connectivity index (χ0) is 12.3. The van der Waals surface area contributed by atoms with Crippen LogP contribution in [0.3, 0.4) is 0 Å². The van der Waals surface area contributed by atoms with Crippen LogP contribution in [0.2, 0.25) is 0 Å². The fourth-order valence-electron chi connectivity index (χ4n) is 3.13. The molecule has 0 saturated carbocycles. The van der Waals surface area contributed by atoms with Crippen LogP contribution in [0.1, 0.15) is 38.2 Å². The smallest absolute Gasteiger partial charge is 0.119 e. The van der Waals surface area contributed by atoms with E-state index in [-0.39, 0.29) is 0 Å². The van der Waals surface area contributed by atoms with Gasteiger partial charge in [0.05, 0.1) is 0 Å². The SMILES string of the molecule is CC(C)C(c1ccccc1O)C1CCNCC1. The third-order valence-corrected chi connectivity index (χ3v) is 3.91. The maximum atomic E-state index is 10.0. The maximum absolute atomic E-state index is 10.0. The monoisotopic (exact) mass is 233 g/mol. The summed E-state index contributed by atoms with van der Waals surface area (Å²) < 4.78 is 0. The molecule has 94 valence electrons. The second-order valence-corrected chi connectivity index (χ2v) is 5.42. The summed E-state index contributed by atoms with van der Waals surface area (Å²) in [7, 11) is 0. The molecule has 0 amide bonds. The van der Waals surface area contributed by atoms with E-state index in [1.165, 1.54) is 12.8 Å². The van der Waals surface area contributed by atoms with Crippen LogP contribution in [0.4, 0.5) is 0 Å². The van der Waals surface area contributed by atoms with Crippen molar-refractivity contribution < 1.29 is 5.11 Å². The van der Waals surface area contributed by atoms with Gasteiger partial charge in [-0.2, -0.15) is 0 Å². The first-order valence-electron chi connectivity index (χ1n) is 6.68. The molecule has 2 N–H and O–H groups in total. The second-order valence-electron chi connectivity index (χ2n) is 5.42. The standard InChI is InChI=1S/C15H23NO/c1-11(2)15(12-7-9-16-10-8-12)13-5-3-4-6-14(13)17/h3-6,11-12,15-17H,7-10H2,1-2H3. The molecule has 0 aromatic heterocycles. The number of rotatable bonds is 3. The highest BCUT2D eigenvalue weighted by atomic mass is 16.3. The number of piperidine rings is 1. The lowest BCUT2D eigenvalue weighted by molar-refractivity contribution is 0.266. The second kappa shape index (κ2) is 5.54. The molecule has 1 aromatic rings. The topological polar surface area (TPSA) is 32.3 Å². The summed E-state index contributed by atoms with van der Waals surface area (Å²) in [6.45, 7) is 6.75. The van der Waals surface area contributed by atoms with Crippen molar-refractivity contribution in [3.05, 3.63) is 29.8 Å². The van der Waals surface area contributed by atoms with Crippen molar-refractivity contribution in [3.63, 3.8) is 0 Å². The van der Waals surface area contributed by atoms with Gasteiger partial charge in [-0.25, -0.2) is 0 Å². The summed E-state index contributed by atoms with van der Waals surface area (Å²) in [5.41, 5.74) is 1.13. The molecular weight excluding hydrogens is 210 g/mol. The molecule has 2 nitrogen and oxygen atoms in total. The van der Waals surface area contributed by atoms with Crippen LogP contribution in [-0.4, -0.2) is 18.2 Å². The predicted molar refractivity (Wildman–Crippen MR) is 71.3 cm³/mol. The number of hydrogen-bond acceptors (Lipinski definition) is 2. The lowest BCUT2D eigenvalue weighted by atomic mass is 9.74. The van der Waals surface area contributed by atoms with Crippen LogP contribution < -0.4 is 5.32 Å². The molecule has 1 aliphatic rings. The number of hydrogen-bond donors (Lipinski definition) is 2. The zero-order valence-corrected chi connectivity index (χ0v) is 10.8. The Kier molecular flexibility index (Phi) is 4.06. The molecule has 0 radical (unpaired) electrons. The first-order valence-corrected chi connectivity index (χ1v) is 6.68. The van der Waals surface area contributed by atoms with Gasteiger partial charge in [0.15, 0.2) is 0 Å². The van der Waals surface area contributed by atoms with Crippen molar-refractivity contribution in [1.82, 2.24) is 5.32 Å². The number of para-hydroxylation sites is 1. The van der Waals surface area contributed by atoms with Gasteiger partial charge in [0.25, 0.3) is 0 Å². The van der Waals surface area contributed by atoms with Crippen molar-refractivity contribution in [1.29, 1.82) is 0 Å². The highest BCUT2D eigenvalue weighted by Crippen LogP contribution is 2.40. The summed E-state index contributed by atoms with van der Waals surface area (Å²) in [5, 5.41) is 13.5. The van der Waals surface area contributed by atoms with E-state index >= 15 is 0 Å². The predicted octanol–water partition coefficient (Wildman–Crippen LogP) is 3.13. The Morgan fingerprint density at radius 3 is 2.41 bits per heavy atom. The van der Waals surface area contributed by atoms with Gasteiger partial charge in [-0.05, 0) is 55.3 Å². The number of benzene rings is 1. The Balaban J connectivity index is 2.25. The van der Waals surface area contributed by atoms with E-state index in [0.717, 1.165) is 18.7 Å². The summed E-state index contributed by atoms with van der Waals surface area (Å²) >= 11 is 0. The molecule has 1 saturated heterocycles. The fraction of sp³-hybridized carbons (Fsp3) is 0.600. The Hall–Kier alpha value is -1.02. The molecule has 2 heteroatoms. The summed E-state index contributed by atoms with van der Waals surface area (Å²) in [5.74, 6) is 2.22. The van der Waals surface area contributed by atoms with E-state index in [2.05, 4.69) is 25.2 Å². The molecule has 1 unspecified atom stereocenters. The van der Waals surface area contributed by atoms with Gasteiger partial charge in [-0.1, -0.05) is 32.0 Å². The molecule has 0 spiro atoms. The maximum Gasteiger partial charge on any atom is 0.119 e. The molecule has 1 aromatic carbocycles. The largest absolute Gasteiger partial charge is 0.508 e. The fourth-order valence-corrected chi connectivity index (χ4v) is 3.13. The quantitative estimate of drug-likeness (QED) is 0.840. The number of aromatic hydroxyl groups is 1. The highest BCUT2D eigenvalue weighted by Gasteiger charge is 2.28. The van der Waals surface area contributed by atoms with E-state index in [1.807, 2.05) is 18.2 Å². The van der Waals surface area contributed by atoms with Gasteiger partial charge in [0.1, 0.15) is 5.75 Å². The molecule has 0 aliphatic carbocycles. The third kappa shape index (κ3) is 2.81. The normalized spacial score (nSPS) is 19.5. The molecule has 17 heavy (non-hydrogen) atoms. The Morgan fingerprint density at radius 2 is 1.82 bits per heavy atom. The minimum Gasteiger partial charge on any atom is -0.508 e. The van der Waals surface area contributed by atoms with Crippen LogP contribution in [0, 0.1) is 11.8 Å². The van der Waals surface area contributed by atoms with E-state index in [4.69, 9.17) is 0 Å². The third-order valence-electron chi connectivity index (χ3n) is 3.91. The van der Waals surface area contributed by atoms with Gasteiger partial charge in [-0.15, -0.1) is 0 Å². The lowest BCUT2D eigenvalue weighted by Gasteiger charge is -2.34. The molecule has 1 fully saturated rings. The van der Waals surface area contributed by atoms with E-state index in [0.29, 0.717) is 23.5 Å². The average Bonchev–Trinajstić information content (AvgIpc) is 2.33. The minimum absolute atomic E-state index is 0.463. The van der Waals surface area contributed by atoms with Crippen molar-refractivity contribution in [3.8, 4) is 5.75 Å². The van der Waals surface area contributed by atoms with Gasteiger partial charge in [-0.3, -0.25) is 0 Å². The Morgan fingerprint density at radius 1 is 1.18 bits per heavy atom. The van der Waals surface area contributed by atoms with Crippen LogP contribution in [0.25, 0.3) is 0 Å². The molecular formula is C15H23NO. The molecule has 1 atom stereocenters. The number of nitrogens with one attached hydrogen (secondary N) is 1. The molecule has 2 rings (SSSR count).